The van der Waals surface area contributed by atoms with Crippen molar-refractivity contribution in [3.8, 4) is 0 Å². The Morgan fingerprint density at radius 2 is 2.19 bits per heavy atom. The summed E-state index contributed by atoms with van der Waals surface area (Å²) in [7, 11) is 1.33. The Kier molecular flexibility index (Phi) is 4.23. The van der Waals surface area contributed by atoms with Crippen molar-refractivity contribution in [3.63, 3.8) is 0 Å². The number of aryl methyl sites for hydroxylation is 1. The highest BCUT2D eigenvalue weighted by Gasteiger charge is 2.20. The van der Waals surface area contributed by atoms with Crippen LogP contribution in [0.1, 0.15) is 11.3 Å². The first-order valence-electron chi connectivity index (χ1n) is 3.97. The minimum absolute atomic E-state index is 0.198. The van der Waals surface area contributed by atoms with Crippen molar-refractivity contribution in [2.24, 2.45) is 5.73 Å². The summed E-state index contributed by atoms with van der Waals surface area (Å²) in [5.41, 5.74) is 5.99. The lowest BCUT2D eigenvalue weighted by Crippen LogP contribution is -2.02. The van der Waals surface area contributed by atoms with Gasteiger partial charge >= 0.3 is 0 Å². The van der Waals surface area contributed by atoms with Crippen LogP contribution >= 0.6 is 38.2 Å². The molecule has 0 aliphatic carbocycles. The second kappa shape index (κ2) is 4.91. The van der Waals surface area contributed by atoms with Gasteiger partial charge in [-0.15, -0.1) is 0 Å². The minimum Gasteiger partial charge on any atom is -0.403 e. The maximum Gasteiger partial charge on any atom is 0.263 e. The van der Waals surface area contributed by atoms with Crippen molar-refractivity contribution >= 4 is 52.2 Å². The van der Waals surface area contributed by atoms with E-state index in [9.17, 15) is 8.42 Å². The Bertz CT molecular complexity index is 557. The summed E-state index contributed by atoms with van der Waals surface area (Å²) in [5.74, 6) is 0. The fourth-order valence-corrected chi connectivity index (χ4v) is 2.64. The number of hydrogen-bond acceptors (Lipinski definition) is 4. The minimum atomic E-state index is -3.92. The maximum absolute atomic E-state index is 11.3. The lowest BCUT2D eigenvalue weighted by atomic mass is 10.2. The third-order valence-corrected chi connectivity index (χ3v) is 4.30. The van der Waals surface area contributed by atoms with Gasteiger partial charge in [-0.25, -0.2) is 13.4 Å². The van der Waals surface area contributed by atoms with Gasteiger partial charge < -0.3 is 5.73 Å². The summed E-state index contributed by atoms with van der Waals surface area (Å²) >= 11 is 8.90. The van der Waals surface area contributed by atoms with Crippen molar-refractivity contribution < 1.29 is 8.42 Å². The van der Waals surface area contributed by atoms with Crippen molar-refractivity contribution in [2.75, 3.05) is 0 Å². The SMILES string of the molecule is Cc1nc(Cl)c(Br)cc1/C(=C\N)S(=O)(=O)Cl. The molecule has 0 bridgehead atoms. The molecular weight excluding hydrogens is 339 g/mol. The molecule has 0 radical (unpaired) electrons. The molecule has 1 rings (SSSR count). The number of nitrogens with zero attached hydrogens (tertiary/aromatic N) is 1. The highest BCUT2D eigenvalue weighted by molar-refractivity contribution is 9.10. The molecule has 16 heavy (non-hydrogen) atoms. The summed E-state index contributed by atoms with van der Waals surface area (Å²) in [6, 6.07) is 1.50. The molecule has 0 unspecified atom stereocenters. The monoisotopic (exact) mass is 344 g/mol. The molecule has 2 N–H and O–H groups in total. The first-order chi connectivity index (χ1) is 7.27. The first kappa shape index (κ1) is 13.8. The Morgan fingerprint density at radius 3 is 2.62 bits per heavy atom. The topological polar surface area (TPSA) is 73.0 Å². The summed E-state index contributed by atoms with van der Waals surface area (Å²) in [6.45, 7) is 1.61. The van der Waals surface area contributed by atoms with E-state index < -0.39 is 9.05 Å². The van der Waals surface area contributed by atoms with Crippen molar-refractivity contribution in [2.45, 2.75) is 6.92 Å². The van der Waals surface area contributed by atoms with Crippen molar-refractivity contribution in [1.82, 2.24) is 4.98 Å². The molecule has 0 saturated carbocycles. The molecule has 0 amide bonds. The summed E-state index contributed by atoms with van der Waals surface area (Å²) < 4.78 is 23.0. The van der Waals surface area contributed by atoms with E-state index in [1.54, 1.807) is 6.92 Å². The Morgan fingerprint density at radius 1 is 1.62 bits per heavy atom. The zero-order chi connectivity index (χ0) is 12.5. The average molecular weight is 346 g/mol. The van der Waals surface area contributed by atoms with E-state index in [0.29, 0.717) is 15.7 Å². The normalized spacial score (nSPS) is 12.9. The van der Waals surface area contributed by atoms with E-state index in [1.165, 1.54) is 6.07 Å². The standard InChI is InChI=1S/C8H7BrCl2N2O2S/c1-4-5(2-6(9)8(10)13-4)7(3-12)16(11,14)15/h2-3H,12H2,1H3/b7-3+. The van der Waals surface area contributed by atoms with Gasteiger partial charge in [0.2, 0.25) is 0 Å². The Hall–Kier alpha value is -0.300. The predicted octanol–water partition coefficient (Wildman–Crippen LogP) is 2.63. The lowest BCUT2D eigenvalue weighted by Gasteiger charge is -2.08. The molecule has 88 valence electrons. The zero-order valence-corrected chi connectivity index (χ0v) is 12.0. The molecule has 1 aromatic rings. The molecule has 8 heteroatoms. The van der Waals surface area contributed by atoms with Crippen LogP contribution in [-0.4, -0.2) is 13.4 Å². The second-order valence-electron chi connectivity index (χ2n) is 2.86. The van der Waals surface area contributed by atoms with E-state index >= 15 is 0 Å². The van der Waals surface area contributed by atoms with Gasteiger partial charge in [-0.2, -0.15) is 0 Å². The fourth-order valence-electron chi connectivity index (χ4n) is 1.10. The van der Waals surface area contributed by atoms with Crippen LogP contribution in [-0.2, 0) is 9.05 Å². The number of aromatic nitrogens is 1. The van der Waals surface area contributed by atoms with Crippen LogP contribution in [0, 0.1) is 6.92 Å². The molecule has 0 atom stereocenters. The van der Waals surface area contributed by atoms with E-state index in [0.717, 1.165) is 6.20 Å². The molecule has 0 aliphatic rings. The maximum atomic E-state index is 11.3. The zero-order valence-electron chi connectivity index (χ0n) is 8.04. The van der Waals surface area contributed by atoms with E-state index in [-0.39, 0.29) is 10.1 Å². The molecule has 0 aliphatic heterocycles. The summed E-state index contributed by atoms with van der Waals surface area (Å²) in [5, 5.41) is 0.240. The van der Waals surface area contributed by atoms with Crippen molar-refractivity contribution in [1.29, 1.82) is 0 Å². The molecule has 0 fully saturated rings. The largest absolute Gasteiger partial charge is 0.403 e. The Labute approximate surface area is 111 Å². The van der Waals surface area contributed by atoms with E-state index in [2.05, 4.69) is 20.9 Å². The smallest absolute Gasteiger partial charge is 0.263 e. The van der Waals surface area contributed by atoms with Gasteiger partial charge in [-0.1, -0.05) is 11.6 Å². The fraction of sp³-hybridized carbons (Fsp3) is 0.125. The highest BCUT2D eigenvalue weighted by atomic mass is 79.9. The van der Waals surface area contributed by atoms with Crippen LogP contribution in [0.15, 0.2) is 16.7 Å². The summed E-state index contributed by atoms with van der Waals surface area (Å²) in [6.07, 6.45) is 0.923. The van der Waals surface area contributed by atoms with Gasteiger partial charge in [-0.3, -0.25) is 0 Å². The quantitative estimate of drug-likeness (QED) is 0.660. The van der Waals surface area contributed by atoms with Crippen LogP contribution in [0.5, 0.6) is 0 Å². The van der Waals surface area contributed by atoms with Crippen LogP contribution in [0.3, 0.4) is 0 Å². The molecule has 0 saturated heterocycles. The van der Waals surface area contributed by atoms with Gasteiger partial charge in [0, 0.05) is 28.1 Å². The molecule has 0 aromatic carbocycles. The molecule has 1 aromatic heterocycles. The average Bonchev–Trinajstić information content (AvgIpc) is 2.12. The molecular formula is C8H7BrCl2N2O2S. The number of nitrogens with two attached hydrogens (primary N) is 1. The molecule has 1 heterocycles. The summed E-state index contributed by atoms with van der Waals surface area (Å²) in [4.78, 5) is 3.76. The Balaban J connectivity index is 3.51. The van der Waals surface area contributed by atoms with Gasteiger partial charge in [0.25, 0.3) is 9.05 Å². The first-order valence-corrected chi connectivity index (χ1v) is 7.45. The van der Waals surface area contributed by atoms with Gasteiger partial charge in [0.1, 0.15) is 10.1 Å². The molecule has 0 spiro atoms. The van der Waals surface area contributed by atoms with Crippen LogP contribution in [0.25, 0.3) is 4.91 Å². The van der Waals surface area contributed by atoms with E-state index in [1.807, 2.05) is 0 Å². The second-order valence-corrected chi connectivity index (χ2v) is 6.61. The van der Waals surface area contributed by atoms with Gasteiger partial charge in [0.05, 0.1) is 4.47 Å². The number of pyridine rings is 1. The highest BCUT2D eigenvalue weighted by Crippen LogP contribution is 2.30. The number of rotatable bonds is 2. The lowest BCUT2D eigenvalue weighted by molar-refractivity contribution is 0.618. The number of halogens is 3. The third-order valence-electron chi connectivity index (χ3n) is 1.80. The van der Waals surface area contributed by atoms with Gasteiger partial charge in [-0.05, 0) is 28.9 Å². The predicted molar refractivity (Wildman–Crippen MR) is 68.6 cm³/mol. The number of hydrogen-bond donors (Lipinski definition) is 1. The van der Waals surface area contributed by atoms with Crippen LogP contribution in [0.4, 0.5) is 0 Å². The third kappa shape index (κ3) is 2.88. The molecule has 4 nitrogen and oxygen atoms in total. The van der Waals surface area contributed by atoms with Gasteiger partial charge in [0.15, 0.2) is 0 Å². The van der Waals surface area contributed by atoms with E-state index in [4.69, 9.17) is 28.0 Å². The van der Waals surface area contributed by atoms with Crippen LogP contribution in [0.2, 0.25) is 5.15 Å². The van der Waals surface area contributed by atoms with Crippen LogP contribution < -0.4 is 5.73 Å². The van der Waals surface area contributed by atoms with Crippen molar-refractivity contribution in [3.05, 3.63) is 33.1 Å².